The van der Waals surface area contributed by atoms with Crippen LogP contribution in [0.1, 0.15) is 30.3 Å². The van der Waals surface area contributed by atoms with E-state index in [1.54, 1.807) is 12.1 Å². The van der Waals surface area contributed by atoms with Crippen molar-refractivity contribution in [3.63, 3.8) is 0 Å². The smallest absolute Gasteiger partial charge is 0.192 e. The van der Waals surface area contributed by atoms with Crippen molar-refractivity contribution in [3.8, 4) is 11.8 Å². The van der Waals surface area contributed by atoms with Gasteiger partial charge in [0.2, 0.25) is 0 Å². The van der Waals surface area contributed by atoms with E-state index in [1.165, 1.54) is 4.80 Å². The number of rotatable bonds is 2. The van der Waals surface area contributed by atoms with Crippen molar-refractivity contribution in [2.45, 2.75) is 18.9 Å². The van der Waals surface area contributed by atoms with Gasteiger partial charge in [-0.05, 0) is 42.8 Å². The van der Waals surface area contributed by atoms with Gasteiger partial charge in [0.25, 0.3) is 0 Å². The normalized spacial score (nSPS) is 18.7. The summed E-state index contributed by atoms with van der Waals surface area (Å²) in [6.45, 7) is 1.00. The van der Waals surface area contributed by atoms with Gasteiger partial charge in [0, 0.05) is 0 Å². The number of hydrogen-bond acceptors (Lipinski definition) is 5. The average Bonchev–Trinajstić information content (AvgIpc) is 3.09. The van der Waals surface area contributed by atoms with Crippen LogP contribution in [0.4, 0.5) is 0 Å². The number of tetrazole rings is 1. The largest absolute Gasteiger partial charge is 0.307 e. The minimum absolute atomic E-state index is 0.206. The number of aromatic nitrogens is 4. The van der Waals surface area contributed by atoms with Gasteiger partial charge in [0.1, 0.15) is 0 Å². The molecular formula is C12H12N6. The molecule has 0 aliphatic carbocycles. The lowest BCUT2D eigenvalue weighted by Gasteiger charge is -2.02. The molecule has 1 aliphatic heterocycles. The van der Waals surface area contributed by atoms with E-state index >= 15 is 0 Å². The predicted octanol–water partition coefficient (Wildman–Crippen LogP) is 0.958. The topological polar surface area (TPSA) is 79.4 Å². The fourth-order valence-electron chi connectivity index (χ4n) is 2.08. The Morgan fingerprint density at radius 3 is 3.17 bits per heavy atom. The molecule has 0 saturated carbocycles. The molecule has 1 unspecified atom stereocenters. The first-order valence-corrected chi connectivity index (χ1v) is 5.90. The molecule has 1 aliphatic rings. The van der Waals surface area contributed by atoms with Crippen molar-refractivity contribution in [2.75, 3.05) is 6.54 Å². The summed E-state index contributed by atoms with van der Waals surface area (Å²) in [5.41, 5.74) is 1.34. The predicted molar refractivity (Wildman–Crippen MR) is 63.8 cm³/mol. The second-order valence-electron chi connectivity index (χ2n) is 4.25. The highest BCUT2D eigenvalue weighted by Crippen LogP contribution is 2.19. The van der Waals surface area contributed by atoms with E-state index in [0.29, 0.717) is 5.56 Å². The van der Waals surface area contributed by atoms with Crippen LogP contribution in [0.15, 0.2) is 24.3 Å². The van der Waals surface area contributed by atoms with E-state index in [9.17, 15) is 0 Å². The van der Waals surface area contributed by atoms with E-state index < -0.39 is 0 Å². The second-order valence-corrected chi connectivity index (χ2v) is 4.25. The molecule has 1 aromatic carbocycles. The van der Waals surface area contributed by atoms with Crippen molar-refractivity contribution in [1.82, 2.24) is 25.5 Å². The number of nitriles is 1. The first kappa shape index (κ1) is 10.9. The summed E-state index contributed by atoms with van der Waals surface area (Å²) in [6.07, 6.45) is 2.19. The number of nitrogens with zero attached hydrogens (tertiary/aromatic N) is 5. The molecule has 1 N–H and O–H groups in total. The minimum Gasteiger partial charge on any atom is -0.307 e. The Morgan fingerprint density at radius 1 is 1.44 bits per heavy atom. The van der Waals surface area contributed by atoms with Crippen molar-refractivity contribution >= 4 is 0 Å². The first-order valence-electron chi connectivity index (χ1n) is 5.90. The van der Waals surface area contributed by atoms with E-state index in [0.717, 1.165) is 30.9 Å². The second kappa shape index (κ2) is 4.55. The molecule has 90 valence electrons. The van der Waals surface area contributed by atoms with Gasteiger partial charge in [0.15, 0.2) is 5.82 Å². The monoisotopic (exact) mass is 240 g/mol. The molecule has 18 heavy (non-hydrogen) atoms. The van der Waals surface area contributed by atoms with Gasteiger partial charge in [-0.15, -0.1) is 15.0 Å². The molecule has 0 bridgehead atoms. The van der Waals surface area contributed by atoms with Crippen LogP contribution in [0.5, 0.6) is 0 Å². The lowest BCUT2D eigenvalue weighted by Crippen LogP contribution is -2.14. The Hall–Kier alpha value is -2.26. The van der Waals surface area contributed by atoms with Crippen LogP contribution in [0, 0.1) is 11.3 Å². The Morgan fingerprint density at radius 2 is 2.39 bits per heavy atom. The van der Waals surface area contributed by atoms with Crippen LogP contribution in [-0.2, 0) is 0 Å². The Bertz CT molecular complexity index is 591. The third-order valence-electron chi connectivity index (χ3n) is 3.01. The van der Waals surface area contributed by atoms with Crippen molar-refractivity contribution < 1.29 is 0 Å². The van der Waals surface area contributed by atoms with Crippen LogP contribution >= 0.6 is 0 Å². The van der Waals surface area contributed by atoms with E-state index in [2.05, 4.69) is 26.8 Å². The maximum Gasteiger partial charge on any atom is 0.192 e. The molecule has 1 aromatic heterocycles. The van der Waals surface area contributed by atoms with Gasteiger partial charge in [-0.2, -0.15) is 5.26 Å². The maximum atomic E-state index is 8.86. The molecule has 2 heterocycles. The summed E-state index contributed by atoms with van der Waals surface area (Å²) >= 11 is 0. The standard InChI is InChI=1S/C12H12N6/c13-8-9-3-1-4-10(7-9)18-16-12(15-17-18)11-5-2-6-14-11/h1,3-4,7,11,14H,2,5-6H2. The van der Waals surface area contributed by atoms with Gasteiger partial charge >= 0.3 is 0 Å². The lowest BCUT2D eigenvalue weighted by atomic mass is 10.2. The highest BCUT2D eigenvalue weighted by Gasteiger charge is 2.21. The molecule has 1 saturated heterocycles. The van der Waals surface area contributed by atoms with Gasteiger partial charge in [0.05, 0.1) is 23.4 Å². The van der Waals surface area contributed by atoms with Crippen molar-refractivity contribution in [1.29, 1.82) is 5.26 Å². The molecule has 0 spiro atoms. The zero-order valence-corrected chi connectivity index (χ0v) is 9.74. The molecule has 1 atom stereocenters. The van der Waals surface area contributed by atoms with E-state index in [1.807, 2.05) is 12.1 Å². The first-order chi connectivity index (χ1) is 8.86. The summed E-state index contributed by atoms with van der Waals surface area (Å²) in [5, 5.41) is 24.7. The van der Waals surface area contributed by atoms with Gasteiger partial charge in [-0.1, -0.05) is 6.07 Å². The summed E-state index contributed by atoms with van der Waals surface area (Å²) in [5.74, 6) is 0.717. The van der Waals surface area contributed by atoms with Crippen LogP contribution in [0.25, 0.3) is 5.69 Å². The SMILES string of the molecule is N#Cc1cccc(-n2nnc(C3CCCN3)n2)c1. The molecule has 0 amide bonds. The molecule has 6 nitrogen and oxygen atoms in total. The fraction of sp³-hybridized carbons (Fsp3) is 0.333. The number of nitrogens with one attached hydrogen (secondary N) is 1. The summed E-state index contributed by atoms with van der Waals surface area (Å²) in [6, 6.07) is 9.46. The zero-order chi connectivity index (χ0) is 12.4. The summed E-state index contributed by atoms with van der Waals surface area (Å²) in [7, 11) is 0. The minimum atomic E-state index is 0.206. The quantitative estimate of drug-likeness (QED) is 0.845. The van der Waals surface area contributed by atoms with Crippen LogP contribution in [-0.4, -0.2) is 26.8 Å². The number of hydrogen-bond donors (Lipinski definition) is 1. The summed E-state index contributed by atoms with van der Waals surface area (Å²) in [4.78, 5) is 1.47. The Kier molecular flexibility index (Phi) is 2.74. The van der Waals surface area contributed by atoms with Crippen LogP contribution in [0.3, 0.4) is 0 Å². The van der Waals surface area contributed by atoms with Gasteiger partial charge in [-0.25, -0.2) is 0 Å². The maximum absolute atomic E-state index is 8.86. The molecular weight excluding hydrogens is 228 g/mol. The van der Waals surface area contributed by atoms with Crippen molar-refractivity contribution in [2.24, 2.45) is 0 Å². The van der Waals surface area contributed by atoms with Gasteiger partial charge in [-0.3, -0.25) is 0 Å². The van der Waals surface area contributed by atoms with E-state index in [4.69, 9.17) is 5.26 Å². The highest BCUT2D eigenvalue weighted by atomic mass is 15.6. The Balaban J connectivity index is 1.90. The fourth-order valence-corrected chi connectivity index (χ4v) is 2.08. The molecule has 2 aromatic rings. The number of benzene rings is 1. The van der Waals surface area contributed by atoms with E-state index in [-0.39, 0.29) is 6.04 Å². The summed E-state index contributed by atoms with van der Waals surface area (Å²) < 4.78 is 0. The zero-order valence-electron chi connectivity index (χ0n) is 9.74. The van der Waals surface area contributed by atoms with Crippen LogP contribution in [0.2, 0.25) is 0 Å². The third-order valence-corrected chi connectivity index (χ3v) is 3.01. The Labute approximate surface area is 104 Å². The lowest BCUT2D eigenvalue weighted by molar-refractivity contribution is 0.602. The van der Waals surface area contributed by atoms with Crippen molar-refractivity contribution in [3.05, 3.63) is 35.7 Å². The van der Waals surface area contributed by atoms with Crippen LogP contribution < -0.4 is 5.32 Å². The van der Waals surface area contributed by atoms with Gasteiger partial charge < -0.3 is 5.32 Å². The third kappa shape index (κ3) is 1.96. The molecule has 6 heteroatoms. The molecule has 1 fully saturated rings. The average molecular weight is 240 g/mol. The molecule has 0 radical (unpaired) electrons. The highest BCUT2D eigenvalue weighted by molar-refractivity contribution is 5.39. The molecule has 3 rings (SSSR count).